The van der Waals surface area contributed by atoms with Crippen LogP contribution in [0.25, 0.3) is 66.7 Å². The highest BCUT2D eigenvalue weighted by atomic mass is 15.1. The van der Waals surface area contributed by atoms with Crippen molar-refractivity contribution in [1.82, 2.24) is 29.1 Å². The molecule has 0 atom stereocenters. The maximum atomic E-state index is 4.58. The molecule has 4 aromatic heterocycles. The molecule has 7 heteroatoms. The second-order valence-electron chi connectivity index (χ2n) is 12.9. The van der Waals surface area contributed by atoms with Gasteiger partial charge in [0.1, 0.15) is 12.7 Å². The molecule has 53 heavy (non-hydrogen) atoms. The fourth-order valence-electron chi connectivity index (χ4n) is 7.35. The molecule has 0 aliphatic rings. The summed E-state index contributed by atoms with van der Waals surface area (Å²) in [5.74, 6) is 0.639. The number of para-hydroxylation sites is 2. The Morgan fingerprint density at radius 3 is 1.79 bits per heavy atom. The number of rotatable bonds is 7. The van der Waals surface area contributed by atoms with Gasteiger partial charge in [0.15, 0.2) is 5.82 Å². The molecule has 250 valence electrons. The van der Waals surface area contributed by atoms with Crippen LogP contribution in [0.2, 0.25) is 0 Å². The Kier molecular flexibility index (Phi) is 7.32. The number of hydrogen-bond acceptors (Lipinski definition) is 5. The molecule has 0 bridgehead atoms. The van der Waals surface area contributed by atoms with Gasteiger partial charge < -0.3 is 14.0 Å². The van der Waals surface area contributed by atoms with Gasteiger partial charge in [-0.2, -0.15) is 0 Å². The van der Waals surface area contributed by atoms with Crippen molar-refractivity contribution < 1.29 is 0 Å². The Morgan fingerprint density at radius 1 is 0.453 bits per heavy atom. The first kappa shape index (κ1) is 30.4. The molecule has 0 radical (unpaired) electrons. The molecule has 0 saturated carbocycles. The quantitative estimate of drug-likeness (QED) is 0.167. The second-order valence-corrected chi connectivity index (χ2v) is 12.9. The summed E-state index contributed by atoms with van der Waals surface area (Å²) in [6.07, 6.45) is 7.04. The monoisotopic (exact) mass is 681 g/mol. The molecule has 4 heterocycles. The van der Waals surface area contributed by atoms with Crippen molar-refractivity contribution in [2.24, 2.45) is 0 Å². The van der Waals surface area contributed by atoms with Crippen molar-refractivity contribution in [3.05, 3.63) is 189 Å². The van der Waals surface area contributed by atoms with Crippen LogP contribution in [-0.4, -0.2) is 29.1 Å². The van der Waals surface area contributed by atoms with Crippen LogP contribution in [0.1, 0.15) is 0 Å². The highest BCUT2D eigenvalue weighted by Crippen LogP contribution is 2.41. The number of aromatic nitrogens is 6. The van der Waals surface area contributed by atoms with E-state index in [0.717, 1.165) is 61.8 Å². The Balaban J connectivity index is 1.17. The topological polar surface area (TPSA) is 64.7 Å². The molecular formula is C46H31N7. The molecule has 10 aromatic rings. The van der Waals surface area contributed by atoms with E-state index in [1.165, 1.54) is 28.8 Å². The summed E-state index contributed by atoms with van der Waals surface area (Å²) in [6.45, 7) is 0. The first-order valence-electron chi connectivity index (χ1n) is 17.5. The zero-order valence-corrected chi connectivity index (χ0v) is 28.5. The van der Waals surface area contributed by atoms with Gasteiger partial charge >= 0.3 is 0 Å². The zero-order chi connectivity index (χ0) is 35.1. The lowest BCUT2D eigenvalue weighted by Gasteiger charge is -2.26. The first-order valence-corrected chi connectivity index (χ1v) is 17.5. The van der Waals surface area contributed by atoms with Gasteiger partial charge in [0, 0.05) is 68.1 Å². The van der Waals surface area contributed by atoms with Gasteiger partial charge in [-0.25, -0.2) is 15.0 Å². The van der Waals surface area contributed by atoms with Crippen LogP contribution in [-0.2, 0) is 0 Å². The van der Waals surface area contributed by atoms with Crippen LogP contribution in [0.15, 0.2) is 189 Å². The lowest BCUT2D eigenvalue weighted by atomic mass is 10.1. The predicted octanol–water partition coefficient (Wildman–Crippen LogP) is 11.1. The van der Waals surface area contributed by atoms with Crippen molar-refractivity contribution in [1.29, 1.82) is 0 Å². The normalized spacial score (nSPS) is 11.4. The maximum Gasteiger partial charge on any atom is 0.162 e. The standard InChI is InChI=1S/C46H31N7/c1-3-9-35(10-4-1)51-26-24-34-27-40-41-28-39(22-23-43(41)53(45(40)29-44(34)51)36-11-5-2-6-12-36)52(37-18-14-32(15-19-37)42-13-7-8-25-48-42)38-20-16-33(17-21-38)46-49-30-47-31-50-46/h1-31H. The maximum absolute atomic E-state index is 4.58. The van der Waals surface area contributed by atoms with E-state index < -0.39 is 0 Å². The average molecular weight is 682 g/mol. The van der Waals surface area contributed by atoms with E-state index in [1.807, 2.05) is 24.4 Å². The summed E-state index contributed by atoms with van der Waals surface area (Å²) in [5, 5.41) is 3.56. The number of hydrogen-bond donors (Lipinski definition) is 0. The Labute approximate surface area is 305 Å². The fourth-order valence-corrected chi connectivity index (χ4v) is 7.35. The number of fused-ring (bicyclic) bond motifs is 4. The van der Waals surface area contributed by atoms with Crippen LogP contribution >= 0.6 is 0 Å². The predicted molar refractivity (Wildman–Crippen MR) is 214 cm³/mol. The average Bonchev–Trinajstić information content (AvgIpc) is 3.80. The smallest absolute Gasteiger partial charge is 0.162 e. The lowest BCUT2D eigenvalue weighted by molar-refractivity contribution is 1.06. The van der Waals surface area contributed by atoms with E-state index in [1.54, 1.807) is 0 Å². The van der Waals surface area contributed by atoms with E-state index >= 15 is 0 Å². The summed E-state index contributed by atoms with van der Waals surface area (Å²) in [5.41, 5.74) is 11.7. The van der Waals surface area contributed by atoms with Gasteiger partial charge in [0.05, 0.1) is 22.2 Å². The zero-order valence-electron chi connectivity index (χ0n) is 28.5. The summed E-state index contributed by atoms with van der Waals surface area (Å²) in [6, 6.07) is 57.8. The molecule has 0 N–H and O–H groups in total. The van der Waals surface area contributed by atoms with Gasteiger partial charge in [-0.05, 0) is 109 Å². The molecule has 0 spiro atoms. The minimum absolute atomic E-state index is 0.639. The van der Waals surface area contributed by atoms with Gasteiger partial charge in [0.25, 0.3) is 0 Å². The lowest BCUT2D eigenvalue weighted by Crippen LogP contribution is -2.10. The summed E-state index contributed by atoms with van der Waals surface area (Å²) in [4.78, 5) is 19.6. The molecule has 10 rings (SSSR count). The third-order valence-electron chi connectivity index (χ3n) is 9.83. The number of nitrogens with zero attached hydrogens (tertiary/aromatic N) is 7. The van der Waals surface area contributed by atoms with E-state index in [9.17, 15) is 0 Å². The van der Waals surface area contributed by atoms with Crippen molar-refractivity contribution in [2.45, 2.75) is 0 Å². The van der Waals surface area contributed by atoms with E-state index in [0.29, 0.717) is 5.82 Å². The van der Waals surface area contributed by atoms with Crippen LogP contribution < -0.4 is 4.90 Å². The second kappa shape index (κ2) is 12.7. The minimum Gasteiger partial charge on any atom is -0.316 e. The molecule has 0 fully saturated rings. The van der Waals surface area contributed by atoms with Gasteiger partial charge in [-0.3, -0.25) is 4.98 Å². The Morgan fingerprint density at radius 2 is 1.09 bits per heavy atom. The van der Waals surface area contributed by atoms with Gasteiger partial charge in [0.2, 0.25) is 0 Å². The Hall–Kier alpha value is -7.38. The fraction of sp³-hybridized carbons (Fsp3) is 0. The van der Waals surface area contributed by atoms with Crippen LogP contribution in [0.3, 0.4) is 0 Å². The third kappa shape index (κ3) is 5.39. The molecule has 0 aliphatic heterocycles. The Bertz CT molecular complexity index is 2770. The van der Waals surface area contributed by atoms with Gasteiger partial charge in [-0.1, -0.05) is 54.6 Å². The van der Waals surface area contributed by atoms with Gasteiger partial charge in [-0.15, -0.1) is 0 Å². The third-order valence-corrected chi connectivity index (χ3v) is 9.83. The van der Waals surface area contributed by atoms with E-state index in [-0.39, 0.29) is 0 Å². The molecule has 0 amide bonds. The molecule has 6 aromatic carbocycles. The molecular weight excluding hydrogens is 651 g/mol. The van der Waals surface area contributed by atoms with E-state index in [4.69, 9.17) is 0 Å². The number of anilines is 3. The minimum atomic E-state index is 0.639. The van der Waals surface area contributed by atoms with Crippen molar-refractivity contribution >= 4 is 49.8 Å². The van der Waals surface area contributed by atoms with Crippen LogP contribution in [0.5, 0.6) is 0 Å². The number of benzene rings is 6. The summed E-state index contributed by atoms with van der Waals surface area (Å²) >= 11 is 0. The summed E-state index contributed by atoms with van der Waals surface area (Å²) in [7, 11) is 0. The highest BCUT2D eigenvalue weighted by molar-refractivity contribution is 6.14. The SMILES string of the molecule is c1ccc(-n2ccc3cc4c5cc(N(c6ccc(-c7ccccn7)cc6)c6ccc(-c7ncncn7)cc6)ccc5n(-c5ccccc5)c4cc32)cc1. The van der Waals surface area contributed by atoms with E-state index in [2.05, 4.69) is 186 Å². The highest BCUT2D eigenvalue weighted by Gasteiger charge is 2.19. The molecule has 7 nitrogen and oxygen atoms in total. The van der Waals surface area contributed by atoms with Crippen molar-refractivity contribution in [3.8, 4) is 34.0 Å². The van der Waals surface area contributed by atoms with Crippen LogP contribution in [0.4, 0.5) is 17.1 Å². The molecule has 0 unspecified atom stereocenters. The van der Waals surface area contributed by atoms with Crippen LogP contribution in [0, 0.1) is 0 Å². The summed E-state index contributed by atoms with van der Waals surface area (Å²) < 4.78 is 4.65. The molecule has 0 saturated heterocycles. The van der Waals surface area contributed by atoms with Crippen molar-refractivity contribution in [3.63, 3.8) is 0 Å². The number of pyridine rings is 1. The largest absolute Gasteiger partial charge is 0.316 e. The molecule has 0 aliphatic carbocycles. The van der Waals surface area contributed by atoms with Crippen molar-refractivity contribution in [2.75, 3.05) is 4.90 Å². The first-order chi connectivity index (χ1) is 26.3.